The third-order valence-electron chi connectivity index (χ3n) is 3.71. The summed E-state index contributed by atoms with van der Waals surface area (Å²) in [5.74, 6) is 6.96. The van der Waals surface area contributed by atoms with Crippen LogP contribution in [-0.2, 0) is 0 Å². The topological polar surface area (TPSA) is 57.7 Å². The molecule has 122 valence electrons. The van der Waals surface area contributed by atoms with Gasteiger partial charge in [0, 0.05) is 25.9 Å². The first-order valence-corrected chi connectivity index (χ1v) is 7.78. The number of benzene rings is 1. The van der Waals surface area contributed by atoms with Gasteiger partial charge in [0.15, 0.2) is 0 Å². The number of hydrogen-bond acceptors (Lipinski definition) is 4. The fourth-order valence-electron chi connectivity index (χ4n) is 2.39. The molecule has 2 aromatic heterocycles. The average Bonchev–Trinajstić information content (AvgIpc) is 3.01. The second kappa shape index (κ2) is 6.90. The molecule has 0 N–H and O–H groups in total. The zero-order valence-corrected chi connectivity index (χ0v) is 14.4. The summed E-state index contributed by atoms with van der Waals surface area (Å²) in [6.07, 6.45) is 5.51. The molecule has 5 nitrogen and oxygen atoms in total. The lowest BCUT2D eigenvalue weighted by Gasteiger charge is -2.13. The molecular formula is C20H17N5. The molecule has 2 heterocycles. The second-order valence-electron chi connectivity index (χ2n) is 5.78. The van der Waals surface area contributed by atoms with E-state index in [2.05, 4.69) is 33.9 Å². The van der Waals surface area contributed by atoms with Crippen molar-refractivity contribution in [1.29, 1.82) is 5.26 Å². The average molecular weight is 327 g/mol. The molecule has 3 aromatic rings. The fraction of sp³-hybridized carbons (Fsp3) is 0.150. The first kappa shape index (κ1) is 16.3. The van der Waals surface area contributed by atoms with Gasteiger partial charge in [-0.3, -0.25) is 4.98 Å². The maximum absolute atomic E-state index is 8.95. The quantitative estimate of drug-likeness (QED) is 0.679. The number of nitrogens with zero attached hydrogens (tertiary/aromatic N) is 5. The Kier molecular flexibility index (Phi) is 4.50. The highest BCUT2D eigenvalue weighted by Crippen LogP contribution is 2.17. The van der Waals surface area contributed by atoms with Crippen LogP contribution in [0.4, 0.5) is 5.69 Å². The van der Waals surface area contributed by atoms with Gasteiger partial charge in [-0.05, 0) is 37.1 Å². The number of pyridine rings is 1. The molecule has 0 aliphatic carbocycles. The molecule has 5 heteroatoms. The van der Waals surface area contributed by atoms with Crippen molar-refractivity contribution < 1.29 is 0 Å². The molecule has 0 unspecified atom stereocenters. The summed E-state index contributed by atoms with van der Waals surface area (Å²) < 4.78 is 1.97. The van der Waals surface area contributed by atoms with Gasteiger partial charge < -0.3 is 9.47 Å². The number of imidazole rings is 1. The van der Waals surface area contributed by atoms with Crippen LogP contribution >= 0.6 is 0 Å². The Morgan fingerprint density at radius 2 is 1.88 bits per heavy atom. The summed E-state index contributed by atoms with van der Waals surface area (Å²) >= 11 is 0. The smallest absolute Gasteiger partial charge is 0.132 e. The molecule has 3 rings (SSSR count). The maximum atomic E-state index is 8.95. The normalized spacial score (nSPS) is 9.84. The molecule has 0 aliphatic rings. The van der Waals surface area contributed by atoms with Gasteiger partial charge in [0.05, 0.1) is 35.4 Å². The Balaban J connectivity index is 1.92. The van der Waals surface area contributed by atoms with E-state index in [1.54, 1.807) is 18.3 Å². The number of hydrogen-bond donors (Lipinski definition) is 0. The Bertz CT molecular complexity index is 1010. The van der Waals surface area contributed by atoms with Crippen LogP contribution in [0.3, 0.4) is 0 Å². The molecule has 0 radical (unpaired) electrons. The monoisotopic (exact) mass is 327 g/mol. The summed E-state index contributed by atoms with van der Waals surface area (Å²) in [5, 5.41) is 8.95. The van der Waals surface area contributed by atoms with Crippen molar-refractivity contribution >= 4 is 5.69 Å². The van der Waals surface area contributed by atoms with Gasteiger partial charge in [-0.25, -0.2) is 4.98 Å². The van der Waals surface area contributed by atoms with Crippen LogP contribution in [0.1, 0.15) is 22.6 Å². The molecule has 0 saturated heterocycles. The van der Waals surface area contributed by atoms with Gasteiger partial charge in [-0.2, -0.15) is 5.26 Å². The summed E-state index contributed by atoms with van der Waals surface area (Å²) in [5.41, 5.74) is 4.03. The molecule has 0 amide bonds. The Labute approximate surface area is 147 Å². The van der Waals surface area contributed by atoms with Crippen LogP contribution in [-0.4, -0.2) is 28.6 Å². The lowest BCUT2D eigenvalue weighted by atomic mass is 10.1. The molecule has 0 aliphatic heterocycles. The van der Waals surface area contributed by atoms with Gasteiger partial charge in [0.2, 0.25) is 0 Å². The first-order chi connectivity index (χ1) is 12.1. The highest BCUT2D eigenvalue weighted by atomic mass is 15.1. The van der Waals surface area contributed by atoms with Gasteiger partial charge in [-0.1, -0.05) is 12.0 Å². The molecule has 0 bridgehead atoms. The molecule has 0 saturated carbocycles. The van der Waals surface area contributed by atoms with Crippen LogP contribution in [0.15, 0.2) is 48.9 Å². The zero-order valence-electron chi connectivity index (χ0n) is 14.4. The maximum Gasteiger partial charge on any atom is 0.132 e. The van der Waals surface area contributed by atoms with Crippen molar-refractivity contribution in [2.45, 2.75) is 6.92 Å². The Morgan fingerprint density at radius 3 is 2.64 bits per heavy atom. The number of aromatic nitrogens is 3. The van der Waals surface area contributed by atoms with Gasteiger partial charge in [0.25, 0.3) is 0 Å². The predicted octanol–water partition coefficient (Wildman–Crippen LogP) is 2.91. The summed E-state index contributed by atoms with van der Waals surface area (Å²) in [4.78, 5) is 10.8. The van der Waals surface area contributed by atoms with Crippen molar-refractivity contribution in [2.24, 2.45) is 0 Å². The molecular weight excluding hydrogens is 310 g/mol. The van der Waals surface area contributed by atoms with E-state index in [-0.39, 0.29) is 0 Å². The van der Waals surface area contributed by atoms with Crippen molar-refractivity contribution in [3.63, 3.8) is 0 Å². The highest BCUT2D eigenvalue weighted by molar-refractivity contribution is 5.51. The SMILES string of the molecule is Cc1nc(C#Cc2cccc(C#N)c2)cn1-c1cncc(N(C)C)c1. The van der Waals surface area contributed by atoms with Crippen molar-refractivity contribution in [1.82, 2.24) is 14.5 Å². The number of nitriles is 1. The van der Waals surface area contributed by atoms with Crippen LogP contribution in [0, 0.1) is 30.1 Å². The third-order valence-corrected chi connectivity index (χ3v) is 3.71. The summed E-state index contributed by atoms with van der Waals surface area (Å²) in [6.45, 7) is 1.93. The predicted molar refractivity (Wildman–Crippen MR) is 97.6 cm³/mol. The molecule has 0 fully saturated rings. The summed E-state index contributed by atoms with van der Waals surface area (Å²) in [6, 6.07) is 11.4. The number of rotatable bonds is 2. The molecule has 0 spiro atoms. The zero-order chi connectivity index (χ0) is 17.8. The van der Waals surface area contributed by atoms with Gasteiger partial charge in [-0.15, -0.1) is 0 Å². The standard InChI is InChI=1S/C20H17N5/c1-15-23-18(8-7-16-5-4-6-17(9-16)11-21)14-25(15)20-10-19(24(2)3)12-22-13-20/h4-6,9-10,12-14H,1-3H3. The second-order valence-corrected chi connectivity index (χ2v) is 5.78. The minimum Gasteiger partial charge on any atom is -0.376 e. The van der Waals surface area contributed by atoms with Crippen LogP contribution in [0.2, 0.25) is 0 Å². The van der Waals surface area contributed by atoms with E-state index < -0.39 is 0 Å². The first-order valence-electron chi connectivity index (χ1n) is 7.78. The molecule has 25 heavy (non-hydrogen) atoms. The van der Waals surface area contributed by atoms with E-state index in [0.29, 0.717) is 11.3 Å². The van der Waals surface area contributed by atoms with E-state index in [1.807, 2.05) is 55.0 Å². The number of anilines is 1. The van der Waals surface area contributed by atoms with Crippen molar-refractivity contribution in [3.8, 4) is 23.6 Å². The summed E-state index contributed by atoms with van der Waals surface area (Å²) in [7, 11) is 3.96. The number of aryl methyl sites for hydroxylation is 1. The van der Waals surface area contributed by atoms with Crippen LogP contribution in [0.25, 0.3) is 5.69 Å². The minimum atomic E-state index is 0.597. The van der Waals surface area contributed by atoms with Crippen LogP contribution < -0.4 is 4.90 Å². The van der Waals surface area contributed by atoms with Gasteiger partial charge in [0.1, 0.15) is 11.5 Å². The van der Waals surface area contributed by atoms with Gasteiger partial charge >= 0.3 is 0 Å². The minimum absolute atomic E-state index is 0.597. The largest absolute Gasteiger partial charge is 0.376 e. The Hall–Kier alpha value is -3.57. The molecule has 1 aromatic carbocycles. The lowest BCUT2D eigenvalue weighted by Crippen LogP contribution is -2.09. The van der Waals surface area contributed by atoms with Crippen molar-refractivity contribution in [2.75, 3.05) is 19.0 Å². The van der Waals surface area contributed by atoms with E-state index in [9.17, 15) is 0 Å². The van der Waals surface area contributed by atoms with Crippen LogP contribution in [0.5, 0.6) is 0 Å². The van der Waals surface area contributed by atoms with Crippen molar-refractivity contribution in [3.05, 3.63) is 71.6 Å². The third kappa shape index (κ3) is 3.68. The molecule has 0 atom stereocenters. The van der Waals surface area contributed by atoms with E-state index in [0.717, 1.165) is 22.8 Å². The van der Waals surface area contributed by atoms with E-state index in [1.165, 1.54) is 0 Å². The Morgan fingerprint density at radius 1 is 1.08 bits per heavy atom. The lowest BCUT2D eigenvalue weighted by molar-refractivity contribution is 0.960. The van der Waals surface area contributed by atoms with E-state index in [4.69, 9.17) is 5.26 Å². The van der Waals surface area contributed by atoms with E-state index >= 15 is 0 Å². The highest BCUT2D eigenvalue weighted by Gasteiger charge is 2.06. The fourth-order valence-corrected chi connectivity index (χ4v) is 2.39.